The minimum Gasteiger partial charge on any atom is -0.377 e. The average molecular weight is 391 g/mol. The molecule has 0 spiro atoms. The Hall–Kier alpha value is -3.13. The second-order valence-electron chi connectivity index (χ2n) is 7.57. The molecule has 29 heavy (non-hydrogen) atoms. The summed E-state index contributed by atoms with van der Waals surface area (Å²) in [6, 6.07) is 12.5. The quantitative estimate of drug-likeness (QED) is 0.455. The number of methoxy groups -OCH3 is 1. The van der Waals surface area contributed by atoms with Gasteiger partial charge in [0.25, 0.3) is 0 Å². The van der Waals surface area contributed by atoms with Gasteiger partial charge < -0.3 is 20.4 Å². The SMILES string of the molecule is COCc1nc2ccc(Nc3nc4cccc(NC5CCCCC5)n4n3)cc2[nH]1. The highest BCUT2D eigenvalue weighted by Gasteiger charge is 2.15. The van der Waals surface area contributed by atoms with E-state index in [1.54, 1.807) is 7.11 Å². The van der Waals surface area contributed by atoms with Gasteiger partial charge in [0, 0.05) is 18.8 Å². The van der Waals surface area contributed by atoms with Gasteiger partial charge in [0.1, 0.15) is 18.2 Å². The predicted octanol–water partition coefficient (Wildman–Crippen LogP) is 4.24. The highest BCUT2D eigenvalue weighted by Crippen LogP contribution is 2.24. The Kier molecular flexibility index (Phi) is 4.77. The second-order valence-corrected chi connectivity index (χ2v) is 7.57. The van der Waals surface area contributed by atoms with E-state index >= 15 is 0 Å². The Morgan fingerprint density at radius 1 is 1.14 bits per heavy atom. The van der Waals surface area contributed by atoms with Gasteiger partial charge in [-0.05, 0) is 43.2 Å². The van der Waals surface area contributed by atoms with Crippen molar-refractivity contribution in [2.45, 2.75) is 44.8 Å². The molecule has 0 unspecified atom stereocenters. The van der Waals surface area contributed by atoms with Gasteiger partial charge in [0.2, 0.25) is 5.95 Å². The molecule has 1 saturated carbocycles. The summed E-state index contributed by atoms with van der Waals surface area (Å²) in [5, 5.41) is 11.6. The molecule has 0 bridgehead atoms. The highest BCUT2D eigenvalue weighted by molar-refractivity contribution is 5.80. The predicted molar refractivity (Wildman–Crippen MR) is 114 cm³/mol. The minimum absolute atomic E-state index is 0.461. The summed E-state index contributed by atoms with van der Waals surface area (Å²) in [4.78, 5) is 12.4. The van der Waals surface area contributed by atoms with Crippen molar-refractivity contribution in [2.24, 2.45) is 0 Å². The molecule has 150 valence electrons. The topological polar surface area (TPSA) is 92.2 Å². The van der Waals surface area contributed by atoms with E-state index in [-0.39, 0.29) is 0 Å². The van der Waals surface area contributed by atoms with Crippen LogP contribution in [0.15, 0.2) is 36.4 Å². The number of imidazole rings is 1. The highest BCUT2D eigenvalue weighted by atomic mass is 16.5. The molecular weight excluding hydrogens is 366 g/mol. The van der Waals surface area contributed by atoms with Crippen LogP contribution in [0.1, 0.15) is 37.9 Å². The normalized spacial score (nSPS) is 15.2. The summed E-state index contributed by atoms with van der Waals surface area (Å²) >= 11 is 0. The van der Waals surface area contributed by atoms with Crippen molar-refractivity contribution in [3.8, 4) is 0 Å². The monoisotopic (exact) mass is 391 g/mol. The molecule has 0 saturated heterocycles. The lowest BCUT2D eigenvalue weighted by Crippen LogP contribution is -2.23. The van der Waals surface area contributed by atoms with Crippen LogP contribution in [0.25, 0.3) is 16.7 Å². The zero-order valence-corrected chi connectivity index (χ0v) is 16.5. The summed E-state index contributed by atoms with van der Waals surface area (Å²) in [5.74, 6) is 2.37. The molecule has 1 aliphatic carbocycles. The number of aromatic amines is 1. The van der Waals surface area contributed by atoms with E-state index < -0.39 is 0 Å². The third-order valence-corrected chi connectivity index (χ3v) is 5.39. The largest absolute Gasteiger partial charge is 0.377 e. The lowest BCUT2D eigenvalue weighted by atomic mass is 9.95. The smallest absolute Gasteiger partial charge is 0.247 e. The maximum atomic E-state index is 5.14. The minimum atomic E-state index is 0.461. The Labute approximate surface area is 168 Å². The van der Waals surface area contributed by atoms with Crippen molar-refractivity contribution < 1.29 is 4.74 Å². The standard InChI is InChI=1S/C21H25N7O/c1-29-13-18-24-16-11-10-15(12-17(16)25-18)23-21-26-20-9-5-8-19(28(20)27-21)22-14-6-3-2-4-7-14/h5,8-12,14,22H,2-4,6-7,13H2,1H3,(H,23,27)(H,24,25). The molecule has 0 radical (unpaired) electrons. The third-order valence-electron chi connectivity index (χ3n) is 5.39. The van der Waals surface area contributed by atoms with Crippen molar-refractivity contribution in [1.29, 1.82) is 0 Å². The fourth-order valence-electron chi connectivity index (χ4n) is 4.00. The average Bonchev–Trinajstić information content (AvgIpc) is 3.32. The molecule has 1 aromatic carbocycles. The van der Waals surface area contributed by atoms with Gasteiger partial charge in [-0.1, -0.05) is 25.3 Å². The fraction of sp³-hybridized carbons (Fsp3) is 0.381. The van der Waals surface area contributed by atoms with Crippen LogP contribution in [-0.4, -0.2) is 37.7 Å². The first-order valence-corrected chi connectivity index (χ1v) is 10.2. The van der Waals surface area contributed by atoms with E-state index in [1.165, 1.54) is 32.1 Å². The molecule has 3 N–H and O–H groups in total. The lowest BCUT2D eigenvalue weighted by molar-refractivity contribution is 0.179. The van der Waals surface area contributed by atoms with Gasteiger partial charge in [0.15, 0.2) is 5.65 Å². The number of benzene rings is 1. The van der Waals surface area contributed by atoms with Crippen molar-refractivity contribution in [2.75, 3.05) is 17.7 Å². The number of hydrogen-bond donors (Lipinski definition) is 3. The molecule has 1 fully saturated rings. The molecule has 0 atom stereocenters. The van der Waals surface area contributed by atoms with Gasteiger partial charge in [-0.3, -0.25) is 0 Å². The van der Waals surface area contributed by atoms with Crippen LogP contribution < -0.4 is 10.6 Å². The third kappa shape index (κ3) is 3.75. The number of hydrogen-bond acceptors (Lipinski definition) is 6. The maximum Gasteiger partial charge on any atom is 0.247 e. The second kappa shape index (κ2) is 7.71. The van der Waals surface area contributed by atoms with E-state index in [0.29, 0.717) is 18.6 Å². The number of ether oxygens (including phenoxy) is 1. The van der Waals surface area contributed by atoms with Crippen molar-refractivity contribution in [3.05, 3.63) is 42.2 Å². The summed E-state index contributed by atoms with van der Waals surface area (Å²) in [7, 11) is 1.66. The molecular formula is C21H25N7O. The number of rotatable bonds is 6. The molecule has 1 aliphatic rings. The Balaban J connectivity index is 1.39. The number of nitrogens with zero attached hydrogens (tertiary/aromatic N) is 4. The number of H-pyrrole nitrogens is 1. The molecule has 3 heterocycles. The molecule has 5 rings (SSSR count). The number of anilines is 3. The first-order chi connectivity index (χ1) is 14.3. The van der Waals surface area contributed by atoms with Gasteiger partial charge >= 0.3 is 0 Å². The Morgan fingerprint density at radius 2 is 2.03 bits per heavy atom. The molecule has 0 amide bonds. The van der Waals surface area contributed by atoms with Crippen LogP contribution >= 0.6 is 0 Å². The Morgan fingerprint density at radius 3 is 2.90 bits per heavy atom. The summed E-state index contributed by atoms with van der Waals surface area (Å²) in [6.45, 7) is 0.461. The number of aromatic nitrogens is 5. The van der Waals surface area contributed by atoms with E-state index in [0.717, 1.165) is 34.0 Å². The van der Waals surface area contributed by atoms with Crippen LogP contribution in [0.5, 0.6) is 0 Å². The molecule has 8 heteroatoms. The number of pyridine rings is 1. The molecule has 3 aromatic heterocycles. The van der Waals surface area contributed by atoms with E-state index in [9.17, 15) is 0 Å². The maximum absolute atomic E-state index is 5.14. The summed E-state index contributed by atoms with van der Waals surface area (Å²) in [5.41, 5.74) is 3.58. The van der Waals surface area contributed by atoms with Crippen LogP contribution in [0.3, 0.4) is 0 Å². The first-order valence-electron chi connectivity index (χ1n) is 10.2. The van der Waals surface area contributed by atoms with Crippen LogP contribution in [0, 0.1) is 0 Å². The molecule has 4 aromatic rings. The van der Waals surface area contributed by atoms with Crippen LogP contribution in [0.4, 0.5) is 17.5 Å². The Bertz CT molecular complexity index is 1130. The summed E-state index contributed by atoms with van der Waals surface area (Å²) < 4.78 is 7.02. The summed E-state index contributed by atoms with van der Waals surface area (Å²) in [6.07, 6.45) is 6.35. The van der Waals surface area contributed by atoms with Gasteiger partial charge in [-0.25, -0.2) is 4.98 Å². The van der Waals surface area contributed by atoms with Crippen molar-refractivity contribution >= 4 is 34.1 Å². The first kappa shape index (κ1) is 17.9. The van der Waals surface area contributed by atoms with Crippen molar-refractivity contribution in [1.82, 2.24) is 24.6 Å². The zero-order valence-electron chi connectivity index (χ0n) is 16.5. The van der Waals surface area contributed by atoms with E-state index in [1.807, 2.05) is 34.8 Å². The zero-order chi connectivity index (χ0) is 19.6. The van der Waals surface area contributed by atoms with Crippen LogP contribution in [0.2, 0.25) is 0 Å². The number of nitrogens with one attached hydrogen (secondary N) is 3. The lowest BCUT2D eigenvalue weighted by Gasteiger charge is -2.23. The fourth-order valence-corrected chi connectivity index (χ4v) is 4.00. The number of fused-ring (bicyclic) bond motifs is 2. The molecule has 0 aliphatic heterocycles. The molecule has 8 nitrogen and oxygen atoms in total. The van der Waals surface area contributed by atoms with Crippen molar-refractivity contribution in [3.63, 3.8) is 0 Å². The van der Waals surface area contributed by atoms with E-state index in [4.69, 9.17) is 4.74 Å². The van der Waals surface area contributed by atoms with Gasteiger partial charge in [0.05, 0.1) is 11.0 Å². The van der Waals surface area contributed by atoms with Gasteiger partial charge in [-0.15, -0.1) is 5.10 Å². The van der Waals surface area contributed by atoms with Crippen LogP contribution in [-0.2, 0) is 11.3 Å². The van der Waals surface area contributed by atoms with Gasteiger partial charge in [-0.2, -0.15) is 9.50 Å². The van der Waals surface area contributed by atoms with E-state index in [2.05, 4.69) is 36.8 Å².